The third-order valence-electron chi connectivity index (χ3n) is 3.30. The first kappa shape index (κ1) is 17.3. The van der Waals surface area contributed by atoms with Crippen LogP contribution in [-0.2, 0) is 9.53 Å². The average Bonchev–Trinajstić information content (AvgIpc) is 2.61. The fraction of sp³-hybridized carbons (Fsp3) is 0.222. The van der Waals surface area contributed by atoms with Crippen molar-refractivity contribution < 1.29 is 23.8 Å². The highest BCUT2D eigenvalue weighted by molar-refractivity contribution is 5.95. The Morgan fingerprint density at radius 3 is 2.50 bits per heavy atom. The molecule has 1 amide bonds. The van der Waals surface area contributed by atoms with Crippen LogP contribution in [0.25, 0.3) is 0 Å². The Morgan fingerprint density at radius 1 is 1.04 bits per heavy atom. The average molecular weight is 329 g/mol. The van der Waals surface area contributed by atoms with Gasteiger partial charge in [-0.3, -0.25) is 4.79 Å². The number of esters is 1. The summed E-state index contributed by atoms with van der Waals surface area (Å²) in [5.74, 6) is 0.167. The second-order valence-electron chi connectivity index (χ2n) is 4.97. The summed E-state index contributed by atoms with van der Waals surface area (Å²) in [5, 5.41) is 2.75. The van der Waals surface area contributed by atoms with Gasteiger partial charge in [0.25, 0.3) is 5.91 Å². The normalized spacial score (nSPS) is 11.3. The Bertz CT molecular complexity index is 729. The molecule has 0 aliphatic heterocycles. The van der Waals surface area contributed by atoms with E-state index in [0.29, 0.717) is 22.7 Å². The number of hydrogen-bond acceptors (Lipinski definition) is 5. The van der Waals surface area contributed by atoms with Crippen molar-refractivity contribution in [1.82, 2.24) is 0 Å². The number of ether oxygens (including phenoxy) is 3. The minimum atomic E-state index is -0.761. The maximum Gasteiger partial charge on any atom is 0.337 e. The highest BCUT2D eigenvalue weighted by atomic mass is 16.5. The van der Waals surface area contributed by atoms with Crippen LogP contribution in [0.4, 0.5) is 5.69 Å². The molecule has 0 spiro atoms. The molecular formula is C18H19NO5. The van der Waals surface area contributed by atoms with Crippen LogP contribution < -0.4 is 14.8 Å². The standard InChI is InChI=1S/C18H19NO5/c1-12(17(20)19-15-9-4-5-10-16(15)22-2)24-14-8-6-7-13(11-14)18(21)23-3/h4-12H,1-3H3,(H,19,20)/t12-/m0/s1. The molecule has 1 N–H and O–H groups in total. The minimum absolute atomic E-state index is 0.331. The number of para-hydroxylation sites is 2. The van der Waals surface area contributed by atoms with Crippen molar-refractivity contribution in [3.05, 3.63) is 54.1 Å². The van der Waals surface area contributed by atoms with E-state index >= 15 is 0 Å². The van der Waals surface area contributed by atoms with Crippen LogP contribution in [-0.4, -0.2) is 32.2 Å². The highest BCUT2D eigenvalue weighted by Gasteiger charge is 2.17. The molecule has 0 aromatic heterocycles. The van der Waals surface area contributed by atoms with Crippen LogP contribution in [0.5, 0.6) is 11.5 Å². The van der Waals surface area contributed by atoms with E-state index < -0.39 is 12.1 Å². The van der Waals surface area contributed by atoms with Crippen LogP contribution in [0.1, 0.15) is 17.3 Å². The number of hydrogen-bond donors (Lipinski definition) is 1. The van der Waals surface area contributed by atoms with E-state index in [1.807, 2.05) is 6.07 Å². The van der Waals surface area contributed by atoms with Gasteiger partial charge in [0.2, 0.25) is 0 Å². The summed E-state index contributed by atoms with van der Waals surface area (Å²) in [6.07, 6.45) is -0.761. The van der Waals surface area contributed by atoms with Gasteiger partial charge < -0.3 is 19.5 Å². The summed E-state index contributed by atoms with van der Waals surface area (Å²) < 4.78 is 15.4. The van der Waals surface area contributed by atoms with Gasteiger partial charge in [-0.2, -0.15) is 0 Å². The van der Waals surface area contributed by atoms with Gasteiger partial charge in [0.1, 0.15) is 11.5 Å². The van der Waals surface area contributed by atoms with Crippen LogP contribution in [0, 0.1) is 0 Å². The molecule has 2 rings (SSSR count). The van der Waals surface area contributed by atoms with Gasteiger partial charge in [-0.05, 0) is 37.3 Å². The van der Waals surface area contributed by atoms with Crippen molar-refractivity contribution in [3.63, 3.8) is 0 Å². The molecule has 0 aliphatic carbocycles. The van der Waals surface area contributed by atoms with E-state index in [9.17, 15) is 9.59 Å². The third-order valence-corrected chi connectivity index (χ3v) is 3.30. The topological polar surface area (TPSA) is 73.9 Å². The zero-order valence-electron chi connectivity index (χ0n) is 13.7. The first-order valence-electron chi connectivity index (χ1n) is 7.34. The number of anilines is 1. The van der Waals surface area contributed by atoms with Gasteiger partial charge >= 0.3 is 5.97 Å². The van der Waals surface area contributed by atoms with Gasteiger partial charge in [-0.1, -0.05) is 18.2 Å². The van der Waals surface area contributed by atoms with Gasteiger partial charge in [0, 0.05) is 0 Å². The molecule has 0 fully saturated rings. The number of benzene rings is 2. The van der Waals surface area contributed by atoms with E-state index in [4.69, 9.17) is 9.47 Å². The molecule has 0 saturated heterocycles. The van der Waals surface area contributed by atoms with Gasteiger partial charge in [0.05, 0.1) is 25.5 Å². The molecule has 2 aromatic rings. The van der Waals surface area contributed by atoms with E-state index in [-0.39, 0.29) is 5.91 Å². The smallest absolute Gasteiger partial charge is 0.337 e. The summed E-state index contributed by atoms with van der Waals surface area (Å²) in [5.41, 5.74) is 0.913. The van der Waals surface area contributed by atoms with Crippen molar-refractivity contribution in [2.24, 2.45) is 0 Å². The Kier molecular flexibility index (Phi) is 5.78. The molecule has 0 saturated carbocycles. The zero-order valence-corrected chi connectivity index (χ0v) is 13.7. The lowest BCUT2D eigenvalue weighted by molar-refractivity contribution is -0.122. The van der Waals surface area contributed by atoms with Crippen LogP contribution in [0.3, 0.4) is 0 Å². The Morgan fingerprint density at radius 2 is 1.79 bits per heavy atom. The van der Waals surface area contributed by atoms with Crippen molar-refractivity contribution >= 4 is 17.6 Å². The number of amides is 1. The van der Waals surface area contributed by atoms with Crippen LogP contribution in [0.15, 0.2) is 48.5 Å². The molecule has 2 aromatic carbocycles. The van der Waals surface area contributed by atoms with E-state index in [1.165, 1.54) is 20.3 Å². The molecule has 0 heterocycles. The maximum absolute atomic E-state index is 12.3. The van der Waals surface area contributed by atoms with E-state index in [1.54, 1.807) is 43.3 Å². The predicted octanol–water partition coefficient (Wildman–Crippen LogP) is 2.89. The Hall–Kier alpha value is -3.02. The minimum Gasteiger partial charge on any atom is -0.495 e. The summed E-state index contributed by atoms with van der Waals surface area (Å²) in [6, 6.07) is 13.6. The lowest BCUT2D eigenvalue weighted by Gasteiger charge is -2.16. The number of carbonyl (C=O) groups excluding carboxylic acids is 2. The highest BCUT2D eigenvalue weighted by Crippen LogP contribution is 2.23. The summed E-state index contributed by atoms with van der Waals surface area (Å²) in [7, 11) is 2.84. The molecule has 6 heteroatoms. The second kappa shape index (κ2) is 8.01. The largest absolute Gasteiger partial charge is 0.495 e. The van der Waals surface area contributed by atoms with Crippen molar-refractivity contribution in [1.29, 1.82) is 0 Å². The van der Waals surface area contributed by atoms with Crippen LogP contribution in [0.2, 0.25) is 0 Å². The fourth-order valence-electron chi connectivity index (χ4n) is 2.05. The zero-order chi connectivity index (χ0) is 17.5. The van der Waals surface area contributed by atoms with Crippen molar-refractivity contribution in [2.45, 2.75) is 13.0 Å². The second-order valence-corrected chi connectivity index (χ2v) is 4.97. The molecule has 0 aliphatic rings. The molecule has 0 radical (unpaired) electrons. The lowest BCUT2D eigenvalue weighted by Crippen LogP contribution is -2.30. The van der Waals surface area contributed by atoms with E-state index in [0.717, 1.165) is 0 Å². The number of methoxy groups -OCH3 is 2. The molecule has 126 valence electrons. The summed E-state index contributed by atoms with van der Waals surface area (Å²) >= 11 is 0. The fourth-order valence-corrected chi connectivity index (χ4v) is 2.05. The van der Waals surface area contributed by atoms with Crippen molar-refractivity contribution in [2.75, 3.05) is 19.5 Å². The molecule has 24 heavy (non-hydrogen) atoms. The summed E-state index contributed by atoms with van der Waals surface area (Å²) in [6.45, 7) is 1.62. The summed E-state index contributed by atoms with van der Waals surface area (Å²) in [4.78, 5) is 23.8. The van der Waals surface area contributed by atoms with Crippen LogP contribution >= 0.6 is 0 Å². The number of nitrogens with one attached hydrogen (secondary N) is 1. The number of carbonyl (C=O) groups is 2. The first-order valence-corrected chi connectivity index (χ1v) is 7.34. The first-order chi connectivity index (χ1) is 11.5. The SMILES string of the molecule is COC(=O)c1cccc(O[C@@H](C)C(=O)Nc2ccccc2OC)c1. The Balaban J connectivity index is 2.05. The van der Waals surface area contributed by atoms with E-state index in [2.05, 4.69) is 10.1 Å². The van der Waals surface area contributed by atoms with Gasteiger partial charge in [0.15, 0.2) is 6.10 Å². The molecule has 0 bridgehead atoms. The predicted molar refractivity (Wildman–Crippen MR) is 89.5 cm³/mol. The van der Waals surface area contributed by atoms with Crippen molar-refractivity contribution in [3.8, 4) is 11.5 Å². The molecule has 1 atom stereocenters. The number of rotatable bonds is 6. The monoisotopic (exact) mass is 329 g/mol. The quantitative estimate of drug-likeness (QED) is 0.825. The van der Waals surface area contributed by atoms with Gasteiger partial charge in [-0.15, -0.1) is 0 Å². The maximum atomic E-state index is 12.3. The third kappa shape index (κ3) is 4.25. The molecule has 6 nitrogen and oxygen atoms in total. The Labute approximate surface area is 140 Å². The lowest BCUT2D eigenvalue weighted by atomic mass is 10.2. The molecular weight excluding hydrogens is 310 g/mol. The molecule has 0 unspecified atom stereocenters. The van der Waals surface area contributed by atoms with Gasteiger partial charge in [-0.25, -0.2) is 4.79 Å².